The lowest BCUT2D eigenvalue weighted by Gasteiger charge is -1.99. The van der Waals surface area contributed by atoms with Crippen molar-refractivity contribution in [3.8, 4) is 17.3 Å². The van der Waals surface area contributed by atoms with Crippen molar-refractivity contribution >= 4 is 6.01 Å². The molecule has 0 aliphatic rings. The summed E-state index contributed by atoms with van der Waals surface area (Å²) in [5, 5.41) is 8.64. The van der Waals surface area contributed by atoms with E-state index in [0.29, 0.717) is 16.8 Å². The highest BCUT2D eigenvalue weighted by atomic mass is 16.4. The van der Waals surface area contributed by atoms with Gasteiger partial charge < -0.3 is 10.2 Å². The van der Waals surface area contributed by atoms with Gasteiger partial charge in [0, 0.05) is 5.56 Å². The largest absolute Gasteiger partial charge is 0.389 e. The monoisotopic (exact) mass is 213 g/mol. The van der Waals surface area contributed by atoms with Gasteiger partial charge in [0.1, 0.15) is 0 Å². The highest BCUT2D eigenvalue weighted by molar-refractivity contribution is 5.60. The number of nitriles is 1. The molecule has 0 aliphatic heterocycles. The van der Waals surface area contributed by atoms with Crippen molar-refractivity contribution in [1.82, 2.24) is 4.98 Å². The van der Waals surface area contributed by atoms with Gasteiger partial charge in [-0.3, -0.25) is 0 Å². The number of hydrogen-bond donors (Lipinski definition) is 1. The Balaban J connectivity index is 2.51. The van der Waals surface area contributed by atoms with Gasteiger partial charge >= 0.3 is 5.63 Å². The second-order valence-electron chi connectivity index (χ2n) is 3.09. The summed E-state index contributed by atoms with van der Waals surface area (Å²) >= 11 is 0. The third kappa shape index (κ3) is 1.91. The molecule has 0 unspecified atom stereocenters. The van der Waals surface area contributed by atoms with E-state index in [4.69, 9.17) is 11.0 Å². The zero-order chi connectivity index (χ0) is 11.5. The predicted molar refractivity (Wildman–Crippen MR) is 57.3 cm³/mol. The molecule has 0 spiro atoms. The van der Waals surface area contributed by atoms with Crippen molar-refractivity contribution in [2.45, 2.75) is 0 Å². The number of anilines is 1. The van der Waals surface area contributed by atoms with Crippen LogP contribution >= 0.6 is 0 Å². The Morgan fingerprint density at radius 3 is 2.56 bits per heavy atom. The molecule has 0 fully saturated rings. The van der Waals surface area contributed by atoms with Gasteiger partial charge in [-0.25, -0.2) is 4.79 Å². The second-order valence-corrected chi connectivity index (χ2v) is 3.09. The Hall–Kier alpha value is -2.61. The molecule has 1 aromatic heterocycles. The van der Waals surface area contributed by atoms with E-state index in [0.717, 1.165) is 0 Å². The standard InChI is InChI=1S/C11H7N3O2/c12-6-7-1-3-8(4-2-7)9-5-10(15)16-11(13)14-9/h1-5H,(H2,13,14). The number of nitrogens with zero attached hydrogens (tertiary/aromatic N) is 2. The average molecular weight is 213 g/mol. The van der Waals surface area contributed by atoms with Crippen LogP contribution in [-0.2, 0) is 0 Å². The van der Waals surface area contributed by atoms with E-state index in [1.807, 2.05) is 6.07 Å². The quantitative estimate of drug-likeness (QED) is 0.767. The minimum absolute atomic E-state index is 0.174. The lowest BCUT2D eigenvalue weighted by molar-refractivity contribution is 0.515. The first kappa shape index (κ1) is 9.93. The van der Waals surface area contributed by atoms with E-state index in [9.17, 15) is 4.79 Å². The smallest absolute Gasteiger partial charge is 0.340 e. The second kappa shape index (κ2) is 3.87. The van der Waals surface area contributed by atoms with Crippen LogP contribution in [0.25, 0.3) is 11.3 Å². The fraction of sp³-hybridized carbons (Fsp3) is 0. The van der Waals surface area contributed by atoms with Crippen molar-refractivity contribution < 1.29 is 4.42 Å². The molecule has 0 saturated carbocycles. The number of nitrogens with two attached hydrogens (primary N) is 1. The van der Waals surface area contributed by atoms with Crippen molar-refractivity contribution in [3.63, 3.8) is 0 Å². The summed E-state index contributed by atoms with van der Waals surface area (Å²) in [6.45, 7) is 0. The van der Waals surface area contributed by atoms with Crippen LogP contribution < -0.4 is 11.4 Å². The maximum Gasteiger partial charge on any atom is 0.340 e. The third-order valence-corrected chi connectivity index (χ3v) is 2.00. The fourth-order valence-corrected chi connectivity index (χ4v) is 1.28. The number of nitrogen functional groups attached to an aromatic ring is 1. The van der Waals surface area contributed by atoms with E-state index in [1.54, 1.807) is 24.3 Å². The zero-order valence-electron chi connectivity index (χ0n) is 8.18. The van der Waals surface area contributed by atoms with Crippen molar-refractivity contribution in [2.24, 2.45) is 0 Å². The van der Waals surface area contributed by atoms with Crippen LogP contribution in [0.2, 0.25) is 0 Å². The molecule has 5 heteroatoms. The van der Waals surface area contributed by atoms with E-state index in [-0.39, 0.29) is 6.01 Å². The van der Waals surface area contributed by atoms with Crippen molar-refractivity contribution in [3.05, 3.63) is 46.3 Å². The summed E-state index contributed by atoms with van der Waals surface area (Å²) in [5.41, 5.74) is 6.45. The Bertz CT molecular complexity index is 608. The molecule has 2 aromatic rings. The Morgan fingerprint density at radius 2 is 2.00 bits per heavy atom. The van der Waals surface area contributed by atoms with Crippen LogP contribution in [-0.4, -0.2) is 4.98 Å². The summed E-state index contributed by atoms with van der Waals surface area (Å²) in [5.74, 6) is 0. The lowest BCUT2D eigenvalue weighted by atomic mass is 10.1. The van der Waals surface area contributed by atoms with Crippen LogP contribution in [0.15, 0.2) is 39.5 Å². The van der Waals surface area contributed by atoms with Gasteiger partial charge in [-0.15, -0.1) is 0 Å². The average Bonchev–Trinajstić information content (AvgIpc) is 2.28. The maximum absolute atomic E-state index is 11.1. The number of benzene rings is 1. The Labute approximate surface area is 90.8 Å². The molecule has 16 heavy (non-hydrogen) atoms. The van der Waals surface area contributed by atoms with Gasteiger partial charge in [-0.1, -0.05) is 12.1 Å². The van der Waals surface area contributed by atoms with Crippen LogP contribution in [0, 0.1) is 11.3 Å². The van der Waals surface area contributed by atoms with E-state index in [1.165, 1.54) is 6.07 Å². The summed E-state index contributed by atoms with van der Waals surface area (Å²) in [4.78, 5) is 15.0. The molecule has 0 amide bonds. The van der Waals surface area contributed by atoms with Crippen molar-refractivity contribution in [2.75, 3.05) is 5.73 Å². The van der Waals surface area contributed by atoms with Gasteiger partial charge in [0.2, 0.25) is 0 Å². The molecular formula is C11H7N3O2. The molecule has 5 nitrogen and oxygen atoms in total. The number of aromatic nitrogens is 1. The molecule has 0 atom stereocenters. The van der Waals surface area contributed by atoms with Crippen molar-refractivity contribution in [1.29, 1.82) is 5.26 Å². The lowest BCUT2D eigenvalue weighted by Crippen LogP contribution is -2.03. The highest BCUT2D eigenvalue weighted by Gasteiger charge is 2.03. The molecule has 0 saturated heterocycles. The normalized spacial score (nSPS) is 9.69. The Morgan fingerprint density at radius 1 is 1.31 bits per heavy atom. The molecule has 1 heterocycles. The predicted octanol–water partition coefficient (Wildman–Crippen LogP) is 1.16. The van der Waals surface area contributed by atoms with E-state index in [2.05, 4.69) is 9.40 Å². The minimum atomic E-state index is -0.549. The zero-order valence-corrected chi connectivity index (χ0v) is 8.18. The summed E-state index contributed by atoms with van der Waals surface area (Å²) in [6, 6.07) is 9.75. The van der Waals surface area contributed by atoms with Gasteiger partial charge in [0.05, 0.1) is 23.4 Å². The van der Waals surface area contributed by atoms with Crippen LogP contribution in [0.3, 0.4) is 0 Å². The van der Waals surface area contributed by atoms with Crippen LogP contribution in [0.1, 0.15) is 5.56 Å². The summed E-state index contributed by atoms with van der Waals surface area (Å²) in [7, 11) is 0. The van der Waals surface area contributed by atoms with Gasteiger partial charge in [-0.05, 0) is 12.1 Å². The number of hydrogen-bond acceptors (Lipinski definition) is 5. The molecule has 2 N–H and O–H groups in total. The molecule has 0 aliphatic carbocycles. The minimum Gasteiger partial charge on any atom is -0.389 e. The third-order valence-electron chi connectivity index (χ3n) is 2.00. The molecule has 0 bridgehead atoms. The topological polar surface area (TPSA) is 92.9 Å². The fourth-order valence-electron chi connectivity index (χ4n) is 1.28. The molecule has 2 rings (SSSR count). The summed E-state index contributed by atoms with van der Waals surface area (Å²) < 4.78 is 4.54. The van der Waals surface area contributed by atoms with Gasteiger partial charge in [0.25, 0.3) is 6.01 Å². The van der Waals surface area contributed by atoms with Crippen LogP contribution in [0.5, 0.6) is 0 Å². The Kier molecular flexibility index (Phi) is 2.40. The maximum atomic E-state index is 11.1. The molecule has 1 aromatic carbocycles. The number of rotatable bonds is 1. The van der Waals surface area contributed by atoms with E-state index >= 15 is 0 Å². The molecule has 0 radical (unpaired) electrons. The SMILES string of the molecule is N#Cc1ccc(-c2cc(=O)oc(N)n2)cc1. The molecular weight excluding hydrogens is 206 g/mol. The van der Waals surface area contributed by atoms with Crippen LogP contribution in [0.4, 0.5) is 6.01 Å². The van der Waals surface area contributed by atoms with E-state index < -0.39 is 5.63 Å². The highest BCUT2D eigenvalue weighted by Crippen LogP contribution is 2.16. The van der Waals surface area contributed by atoms with Gasteiger partial charge in [-0.2, -0.15) is 10.2 Å². The van der Waals surface area contributed by atoms with Gasteiger partial charge in [0.15, 0.2) is 0 Å². The first-order valence-electron chi connectivity index (χ1n) is 4.47. The molecule has 78 valence electrons. The first-order chi connectivity index (χ1) is 7.69. The first-order valence-corrected chi connectivity index (χ1v) is 4.47. The summed E-state index contributed by atoms with van der Waals surface area (Å²) in [6.07, 6.45) is 0.